The molecule has 34 heavy (non-hydrogen) atoms. The van der Waals surface area contributed by atoms with E-state index in [1.807, 2.05) is 24.3 Å². The molecule has 1 atom stereocenters. The van der Waals surface area contributed by atoms with Gasteiger partial charge in [-0.3, -0.25) is 14.5 Å². The van der Waals surface area contributed by atoms with E-state index in [-0.39, 0.29) is 18.4 Å². The van der Waals surface area contributed by atoms with Crippen molar-refractivity contribution >= 4 is 42.2 Å². The van der Waals surface area contributed by atoms with E-state index in [0.717, 1.165) is 29.8 Å². The Bertz CT molecular complexity index is 1150. The summed E-state index contributed by atoms with van der Waals surface area (Å²) in [6.45, 7) is 7.79. The van der Waals surface area contributed by atoms with Crippen LogP contribution in [0.15, 0.2) is 79.4 Å². The number of nitrogens with one attached hydrogen (secondary N) is 1. The first-order chi connectivity index (χ1) is 16.4. The van der Waals surface area contributed by atoms with Crippen LogP contribution >= 0.6 is 12.9 Å². The Hall–Kier alpha value is -3.55. The fourth-order valence-corrected chi connectivity index (χ4v) is 4.04. The van der Waals surface area contributed by atoms with Gasteiger partial charge < -0.3 is 15.2 Å². The van der Waals surface area contributed by atoms with E-state index in [1.54, 1.807) is 12.1 Å². The Morgan fingerprint density at radius 2 is 1.82 bits per heavy atom. The van der Waals surface area contributed by atoms with Crippen LogP contribution in [0, 0.1) is 6.92 Å². The van der Waals surface area contributed by atoms with Gasteiger partial charge in [0.05, 0.1) is 17.8 Å². The Labute approximate surface area is 206 Å². The highest BCUT2D eigenvalue weighted by atomic mass is 32.1. The highest BCUT2D eigenvalue weighted by Gasteiger charge is 2.31. The summed E-state index contributed by atoms with van der Waals surface area (Å²) in [5, 5.41) is 2.47. The lowest BCUT2D eigenvalue weighted by molar-refractivity contribution is -0.134. The number of nitrogens with zero attached hydrogens (tertiary/aromatic N) is 1. The van der Waals surface area contributed by atoms with Crippen LogP contribution in [0.2, 0.25) is 0 Å². The lowest BCUT2D eigenvalue weighted by Gasteiger charge is -2.38. The topological polar surface area (TPSA) is 84.7 Å². The summed E-state index contributed by atoms with van der Waals surface area (Å²) in [7, 11) is 0. The molecular formula is C27H29N3O3S. The van der Waals surface area contributed by atoms with E-state index in [9.17, 15) is 9.59 Å². The van der Waals surface area contributed by atoms with Crippen molar-refractivity contribution in [3.8, 4) is 0 Å². The minimum absolute atomic E-state index is 0.0346. The molecule has 1 aliphatic heterocycles. The van der Waals surface area contributed by atoms with Crippen molar-refractivity contribution in [3.63, 3.8) is 0 Å². The number of nitrogen functional groups attached to an aromatic ring is 1. The van der Waals surface area contributed by atoms with E-state index in [0.29, 0.717) is 17.8 Å². The molecule has 0 radical (unpaired) electrons. The van der Waals surface area contributed by atoms with Crippen LogP contribution in [-0.2, 0) is 20.3 Å². The molecule has 1 heterocycles. The lowest BCUT2D eigenvalue weighted by atomic mass is 9.88. The maximum Gasteiger partial charge on any atom is 0.319 e. The van der Waals surface area contributed by atoms with Crippen LogP contribution < -0.4 is 11.1 Å². The second-order valence-electron chi connectivity index (χ2n) is 8.11. The molecule has 4 rings (SSSR count). The van der Waals surface area contributed by atoms with Crippen LogP contribution in [0.4, 0.5) is 11.4 Å². The Morgan fingerprint density at radius 1 is 1.15 bits per heavy atom. The number of benzene rings is 3. The van der Waals surface area contributed by atoms with Gasteiger partial charge in [-0.2, -0.15) is 0 Å². The second-order valence-corrected chi connectivity index (χ2v) is 8.30. The largest absolute Gasteiger partial charge is 0.397 e. The Kier molecular flexibility index (Phi) is 8.90. The van der Waals surface area contributed by atoms with E-state index in [2.05, 4.69) is 77.2 Å². The summed E-state index contributed by atoms with van der Waals surface area (Å²) in [5.74, 6) is -0.320. The Morgan fingerprint density at radius 3 is 2.50 bits per heavy atom. The predicted octanol–water partition coefficient (Wildman–Crippen LogP) is 5.18. The van der Waals surface area contributed by atoms with Gasteiger partial charge >= 0.3 is 5.97 Å². The van der Waals surface area contributed by atoms with Gasteiger partial charge in [-0.05, 0) is 41.3 Å². The van der Waals surface area contributed by atoms with Crippen LogP contribution in [0.1, 0.15) is 34.7 Å². The quantitative estimate of drug-likeness (QED) is 0.198. The monoisotopic (exact) mass is 475 g/mol. The summed E-state index contributed by atoms with van der Waals surface area (Å²) < 4.78 is 4.62. The first kappa shape index (κ1) is 25.1. The molecular weight excluding hydrogens is 446 g/mol. The zero-order valence-corrected chi connectivity index (χ0v) is 20.0. The van der Waals surface area contributed by atoms with Gasteiger partial charge in [0, 0.05) is 32.0 Å². The number of anilines is 2. The number of amides is 1. The molecule has 0 saturated heterocycles. The van der Waals surface area contributed by atoms with Gasteiger partial charge in [-0.25, -0.2) is 0 Å². The van der Waals surface area contributed by atoms with Crippen molar-refractivity contribution in [1.82, 2.24) is 4.90 Å². The van der Waals surface area contributed by atoms with E-state index >= 15 is 0 Å². The molecule has 0 aliphatic carbocycles. The molecule has 0 spiro atoms. The third kappa shape index (κ3) is 6.50. The molecule has 3 N–H and O–H groups in total. The van der Waals surface area contributed by atoms with Gasteiger partial charge in [0.15, 0.2) is 0 Å². The van der Waals surface area contributed by atoms with E-state index in [1.165, 1.54) is 11.1 Å². The van der Waals surface area contributed by atoms with Gasteiger partial charge in [-0.15, -0.1) is 0 Å². The van der Waals surface area contributed by atoms with Crippen LogP contribution in [-0.4, -0.2) is 23.8 Å². The van der Waals surface area contributed by atoms with Crippen molar-refractivity contribution in [2.75, 3.05) is 17.6 Å². The highest BCUT2D eigenvalue weighted by molar-refractivity contribution is 7.75. The number of rotatable bonds is 6. The van der Waals surface area contributed by atoms with Crippen LogP contribution in [0.25, 0.3) is 5.57 Å². The summed E-state index contributed by atoms with van der Waals surface area (Å²) >= 11 is 3.66. The molecule has 0 saturated carbocycles. The Balaban J connectivity index is 0.000000271. The van der Waals surface area contributed by atoms with Crippen molar-refractivity contribution in [2.45, 2.75) is 25.9 Å². The second kappa shape index (κ2) is 12.1. The SMILES string of the molecule is C=C1CN(Cc2ccc(C)cc2)C(CC(=O)OS)c2ccccc21.Nc1ccccc1NC=O. The molecule has 1 aliphatic rings. The predicted molar refractivity (Wildman–Crippen MR) is 140 cm³/mol. The maximum absolute atomic E-state index is 11.9. The van der Waals surface area contributed by atoms with Gasteiger partial charge in [0.2, 0.25) is 6.41 Å². The molecule has 3 aromatic carbocycles. The number of carbonyl (C=O) groups excluding carboxylic acids is 2. The third-order valence-corrected chi connectivity index (χ3v) is 5.88. The number of fused-ring (bicyclic) bond motifs is 1. The molecule has 0 bridgehead atoms. The number of thiol groups is 1. The summed E-state index contributed by atoms with van der Waals surface area (Å²) in [6.07, 6.45) is 0.880. The molecule has 1 amide bonds. The summed E-state index contributed by atoms with van der Waals surface area (Å²) in [5.41, 5.74) is 12.5. The van der Waals surface area contributed by atoms with Crippen molar-refractivity contribution in [1.29, 1.82) is 0 Å². The first-order valence-corrected chi connectivity index (χ1v) is 11.2. The number of para-hydroxylation sites is 2. The maximum atomic E-state index is 11.9. The number of hydrogen-bond donors (Lipinski definition) is 3. The number of hydrogen-bond acceptors (Lipinski definition) is 6. The average molecular weight is 476 g/mol. The fraction of sp³-hybridized carbons (Fsp3) is 0.185. The van der Waals surface area contributed by atoms with Gasteiger partial charge in [0.25, 0.3) is 0 Å². The van der Waals surface area contributed by atoms with Crippen LogP contribution in [0.3, 0.4) is 0 Å². The minimum Gasteiger partial charge on any atom is -0.397 e. The van der Waals surface area contributed by atoms with Crippen molar-refractivity contribution in [3.05, 3.63) is 102 Å². The van der Waals surface area contributed by atoms with E-state index in [4.69, 9.17) is 5.73 Å². The minimum atomic E-state index is -0.320. The lowest BCUT2D eigenvalue weighted by Crippen LogP contribution is -2.35. The van der Waals surface area contributed by atoms with Crippen molar-refractivity contribution < 1.29 is 13.8 Å². The molecule has 7 heteroatoms. The molecule has 6 nitrogen and oxygen atoms in total. The molecule has 0 fully saturated rings. The standard InChI is InChI=1S/C20H21NO2S.C7H8N2O/c1-14-7-9-16(10-8-14)13-21-12-15(2)17-5-3-4-6-18(17)19(21)11-20(22)23-24;8-6-3-1-2-4-7(6)9-5-10/h3-10,19,24H,2,11-13H2,1H3;1-5H,8H2,(H,9,10). The number of carbonyl (C=O) groups is 2. The molecule has 1 unspecified atom stereocenters. The molecule has 3 aromatic rings. The summed E-state index contributed by atoms with van der Waals surface area (Å²) in [4.78, 5) is 24.1. The number of nitrogens with two attached hydrogens (primary N) is 1. The fourth-order valence-electron chi connectivity index (χ4n) is 3.97. The van der Waals surface area contributed by atoms with Crippen LogP contribution in [0.5, 0.6) is 0 Å². The molecule has 176 valence electrons. The van der Waals surface area contributed by atoms with Crippen molar-refractivity contribution in [2.24, 2.45) is 0 Å². The zero-order valence-electron chi connectivity index (χ0n) is 19.1. The smallest absolute Gasteiger partial charge is 0.319 e. The average Bonchev–Trinajstić information content (AvgIpc) is 2.85. The first-order valence-electron chi connectivity index (χ1n) is 10.9. The third-order valence-electron chi connectivity index (χ3n) is 5.68. The summed E-state index contributed by atoms with van der Waals surface area (Å²) in [6, 6.07) is 23.7. The highest BCUT2D eigenvalue weighted by Crippen LogP contribution is 2.37. The zero-order chi connectivity index (χ0) is 24.5. The van der Waals surface area contributed by atoms with Gasteiger partial charge in [-0.1, -0.05) is 72.8 Å². The van der Waals surface area contributed by atoms with Gasteiger partial charge in [0.1, 0.15) is 0 Å². The number of aryl methyl sites for hydroxylation is 1. The molecule has 0 aromatic heterocycles. The van der Waals surface area contributed by atoms with E-state index < -0.39 is 0 Å². The normalized spacial score (nSPS) is 14.9.